The van der Waals surface area contributed by atoms with E-state index in [0.29, 0.717) is 5.75 Å². The molecule has 0 atom stereocenters. The first kappa shape index (κ1) is 10.3. The minimum absolute atomic E-state index is 0.275. The van der Waals surface area contributed by atoms with Gasteiger partial charge in [-0.25, -0.2) is 8.42 Å². The van der Waals surface area contributed by atoms with E-state index in [-0.39, 0.29) is 5.75 Å². The van der Waals surface area contributed by atoms with Crippen molar-refractivity contribution in [3.8, 4) is 0 Å². The zero-order valence-corrected chi connectivity index (χ0v) is 8.09. The molecule has 0 saturated heterocycles. The maximum Gasteiger partial charge on any atom is 0.150 e. The van der Waals surface area contributed by atoms with Crippen LogP contribution >= 0.6 is 11.8 Å². The van der Waals surface area contributed by atoms with Gasteiger partial charge in [-0.1, -0.05) is 13.8 Å². The van der Waals surface area contributed by atoms with Gasteiger partial charge in [-0.2, -0.15) is 11.8 Å². The van der Waals surface area contributed by atoms with Crippen LogP contribution in [0.15, 0.2) is 0 Å². The van der Waals surface area contributed by atoms with E-state index in [1.165, 1.54) is 0 Å². The summed E-state index contributed by atoms with van der Waals surface area (Å²) in [5.74, 6) is 2.35. The molecular weight excluding hydrogens is 168 g/mol. The van der Waals surface area contributed by atoms with Gasteiger partial charge in [0.1, 0.15) is 0 Å². The average molecular weight is 182 g/mol. The molecule has 0 amide bonds. The Hall–Kier alpha value is 0.300. The Morgan fingerprint density at radius 2 is 1.90 bits per heavy atom. The number of hydrogen-bond acceptors (Lipinski definition) is 3. The summed E-state index contributed by atoms with van der Waals surface area (Å²) in [6, 6.07) is 0. The van der Waals surface area contributed by atoms with E-state index in [2.05, 4.69) is 0 Å². The zero-order valence-electron chi connectivity index (χ0n) is 6.46. The maximum absolute atomic E-state index is 10.9. The lowest BCUT2D eigenvalue weighted by Gasteiger charge is -1.98. The fraction of sp³-hybridized carbons (Fsp3) is 1.00. The lowest BCUT2D eigenvalue weighted by molar-refractivity contribution is 0.599. The summed E-state index contributed by atoms with van der Waals surface area (Å²) in [7, 11) is -2.71. The third-order valence-electron chi connectivity index (χ3n) is 1.18. The van der Waals surface area contributed by atoms with Crippen molar-refractivity contribution in [1.82, 2.24) is 0 Å². The van der Waals surface area contributed by atoms with Gasteiger partial charge < -0.3 is 0 Å². The van der Waals surface area contributed by atoms with Gasteiger partial charge >= 0.3 is 0 Å². The molecule has 0 aliphatic carbocycles. The third-order valence-corrected chi connectivity index (χ3v) is 4.05. The third kappa shape index (κ3) is 5.11. The van der Waals surface area contributed by atoms with E-state index in [4.69, 9.17) is 0 Å². The normalized spacial score (nSPS) is 11.8. The number of sulfone groups is 1. The largest absolute Gasteiger partial charge is 0.229 e. The molecule has 0 bridgehead atoms. The maximum atomic E-state index is 10.9. The Morgan fingerprint density at radius 3 is 2.30 bits per heavy atom. The van der Waals surface area contributed by atoms with Gasteiger partial charge in [0.05, 0.1) is 5.75 Å². The van der Waals surface area contributed by atoms with Crippen molar-refractivity contribution in [3.63, 3.8) is 0 Å². The van der Waals surface area contributed by atoms with Gasteiger partial charge in [-0.15, -0.1) is 0 Å². The van der Waals surface area contributed by atoms with Crippen LogP contribution in [0, 0.1) is 0 Å². The summed E-state index contributed by atoms with van der Waals surface area (Å²) in [5, 5.41) is 0. The second kappa shape index (κ2) is 5.02. The smallest absolute Gasteiger partial charge is 0.150 e. The summed E-state index contributed by atoms with van der Waals surface area (Å²) in [5.41, 5.74) is 0. The van der Waals surface area contributed by atoms with Crippen molar-refractivity contribution in [3.05, 3.63) is 0 Å². The molecule has 0 radical (unpaired) electrons. The predicted molar refractivity (Wildman–Crippen MR) is 47.3 cm³/mol. The molecule has 0 N–H and O–H groups in total. The van der Waals surface area contributed by atoms with Crippen molar-refractivity contribution < 1.29 is 8.42 Å². The van der Waals surface area contributed by atoms with Crippen molar-refractivity contribution in [2.45, 2.75) is 13.8 Å². The Balaban J connectivity index is 3.49. The Morgan fingerprint density at radius 1 is 1.30 bits per heavy atom. The molecular formula is C6H14O2S2. The molecule has 0 aromatic rings. The highest BCUT2D eigenvalue weighted by atomic mass is 32.2. The summed E-state index contributed by atoms with van der Waals surface area (Å²) >= 11 is 1.67. The quantitative estimate of drug-likeness (QED) is 0.599. The van der Waals surface area contributed by atoms with Crippen LogP contribution < -0.4 is 0 Å². The minimum atomic E-state index is -2.71. The van der Waals surface area contributed by atoms with Crippen LogP contribution in [0.4, 0.5) is 0 Å². The highest BCUT2D eigenvalue weighted by Crippen LogP contribution is 2.00. The molecule has 0 aromatic heterocycles. The first-order valence-electron chi connectivity index (χ1n) is 3.40. The summed E-state index contributed by atoms with van der Waals surface area (Å²) in [4.78, 5) is 0. The Labute approximate surface area is 67.3 Å². The fourth-order valence-corrected chi connectivity index (χ4v) is 2.54. The minimum Gasteiger partial charge on any atom is -0.229 e. The zero-order chi connectivity index (χ0) is 8.04. The first-order chi connectivity index (χ1) is 4.62. The molecule has 10 heavy (non-hydrogen) atoms. The molecule has 0 heterocycles. The Bertz CT molecular complexity index is 161. The number of hydrogen-bond donors (Lipinski definition) is 0. The topological polar surface area (TPSA) is 34.1 Å². The molecule has 0 saturated carbocycles. The summed E-state index contributed by atoms with van der Waals surface area (Å²) in [6.07, 6.45) is 0. The van der Waals surface area contributed by atoms with Gasteiger partial charge in [0.2, 0.25) is 0 Å². The summed E-state index contributed by atoms with van der Waals surface area (Å²) < 4.78 is 21.7. The molecule has 0 aliphatic heterocycles. The Kier molecular flexibility index (Phi) is 5.17. The summed E-state index contributed by atoms with van der Waals surface area (Å²) in [6.45, 7) is 3.72. The van der Waals surface area contributed by atoms with Crippen LogP contribution in [0.2, 0.25) is 0 Å². The van der Waals surface area contributed by atoms with Crippen LogP contribution in [-0.4, -0.2) is 31.4 Å². The van der Waals surface area contributed by atoms with Crippen LogP contribution in [-0.2, 0) is 9.84 Å². The molecule has 4 heteroatoms. The molecule has 62 valence electrons. The number of rotatable bonds is 5. The van der Waals surface area contributed by atoms with Crippen molar-refractivity contribution in [2.24, 2.45) is 0 Å². The monoisotopic (exact) mass is 182 g/mol. The lowest BCUT2D eigenvalue weighted by atomic mass is 10.9. The van der Waals surface area contributed by atoms with E-state index >= 15 is 0 Å². The molecule has 0 aliphatic rings. The average Bonchev–Trinajstić information content (AvgIpc) is 1.89. The van der Waals surface area contributed by atoms with E-state index in [9.17, 15) is 8.42 Å². The molecule has 0 rings (SSSR count). The number of thioether (sulfide) groups is 1. The van der Waals surface area contributed by atoms with E-state index in [1.807, 2.05) is 6.92 Å². The first-order valence-corrected chi connectivity index (χ1v) is 6.38. The lowest BCUT2D eigenvalue weighted by Crippen LogP contribution is -2.10. The van der Waals surface area contributed by atoms with Crippen LogP contribution in [0.3, 0.4) is 0 Å². The van der Waals surface area contributed by atoms with E-state index < -0.39 is 9.84 Å². The van der Waals surface area contributed by atoms with Crippen LogP contribution in [0.25, 0.3) is 0 Å². The molecule has 2 nitrogen and oxygen atoms in total. The van der Waals surface area contributed by atoms with Gasteiger partial charge in [0, 0.05) is 11.5 Å². The molecule has 0 aromatic carbocycles. The fourth-order valence-electron chi connectivity index (χ4n) is 0.475. The predicted octanol–water partition coefficient (Wildman–Crippen LogP) is 1.17. The van der Waals surface area contributed by atoms with Crippen molar-refractivity contribution >= 4 is 21.6 Å². The van der Waals surface area contributed by atoms with Crippen LogP contribution in [0.5, 0.6) is 0 Å². The van der Waals surface area contributed by atoms with Crippen molar-refractivity contribution in [2.75, 3.05) is 23.0 Å². The van der Waals surface area contributed by atoms with Crippen LogP contribution in [0.1, 0.15) is 13.8 Å². The van der Waals surface area contributed by atoms with Gasteiger partial charge in [0.15, 0.2) is 9.84 Å². The van der Waals surface area contributed by atoms with Gasteiger partial charge in [0.25, 0.3) is 0 Å². The standard InChI is InChI=1S/C6H14O2S2/c1-3-9-5-6-10(7,8)4-2/h3-6H2,1-2H3. The van der Waals surface area contributed by atoms with E-state index in [1.54, 1.807) is 18.7 Å². The second-order valence-corrected chi connectivity index (χ2v) is 5.80. The van der Waals surface area contributed by atoms with Gasteiger partial charge in [-0.05, 0) is 5.75 Å². The molecule has 0 fully saturated rings. The highest BCUT2D eigenvalue weighted by Gasteiger charge is 2.05. The molecule has 0 unspecified atom stereocenters. The SMILES string of the molecule is CCSCCS(=O)(=O)CC. The van der Waals surface area contributed by atoms with Crippen molar-refractivity contribution in [1.29, 1.82) is 0 Å². The highest BCUT2D eigenvalue weighted by molar-refractivity contribution is 8.00. The molecule has 0 spiro atoms. The second-order valence-electron chi connectivity index (χ2n) is 1.93. The van der Waals surface area contributed by atoms with E-state index in [0.717, 1.165) is 11.5 Å². The van der Waals surface area contributed by atoms with Gasteiger partial charge in [-0.3, -0.25) is 0 Å².